The number of thiophene rings is 1. The van der Waals surface area contributed by atoms with Gasteiger partial charge in [0, 0.05) is 35.5 Å². The van der Waals surface area contributed by atoms with Crippen LogP contribution in [-0.2, 0) is 11.2 Å². The maximum atomic E-state index is 5.10. The van der Waals surface area contributed by atoms with Crippen molar-refractivity contribution in [1.82, 2.24) is 5.32 Å². The molecule has 0 spiro atoms. The van der Waals surface area contributed by atoms with Crippen molar-refractivity contribution < 1.29 is 4.74 Å². The monoisotopic (exact) mass is 431 g/mol. The molecule has 0 aliphatic rings. The first-order chi connectivity index (χ1) is 10.2. The molecule has 2 nitrogen and oxygen atoms in total. The van der Waals surface area contributed by atoms with Crippen LogP contribution in [0.3, 0.4) is 0 Å². The van der Waals surface area contributed by atoms with E-state index in [9.17, 15) is 0 Å². The lowest BCUT2D eigenvalue weighted by molar-refractivity contribution is 0.199. The molecule has 0 bridgehead atoms. The Kier molecular flexibility index (Phi) is 7.40. The first kappa shape index (κ1) is 17.2. The van der Waals surface area contributed by atoms with Gasteiger partial charge >= 0.3 is 0 Å². The fourth-order valence-corrected chi connectivity index (χ4v) is 4.20. The van der Waals surface area contributed by atoms with Crippen LogP contribution in [0.4, 0.5) is 0 Å². The van der Waals surface area contributed by atoms with Crippen molar-refractivity contribution in [2.24, 2.45) is 0 Å². The van der Waals surface area contributed by atoms with Crippen molar-refractivity contribution in [1.29, 1.82) is 0 Å². The second kappa shape index (κ2) is 9.06. The lowest BCUT2D eigenvalue weighted by atomic mass is 9.95. The van der Waals surface area contributed by atoms with Crippen molar-refractivity contribution in [2.45, 2.75) is 12.3 Å². The van der Waals surface area contributed by atoms with Crippen molar-refractivity contribution in [2.75, 3.05) is 26.8 Å². The third-order valence-corrected chi connectivity index (χ3v) is 5.41. The Morgan fingerprint density at radius 3 is 2.76 bits per heavy atom. The highest BCUT2D eigenvalue weighted by molar-refractivity contribution is 9.11. The summed E-state index contributed by atoms with van der Waals surface area (Å²) in [5.41, 5.74) is 1.36. The number of hydrogen-bond acceptors (Lipinski definition) is 3. The van der Waals surface area contributed by atoms with Crippen molar-refractivity contribution in [3.8, 4) is 0 Å². The van der Waals surface area contributed by atoms with Gasteiger partial charge in [0.25, 0.3) is 0 Å². The molecule has 0 amide bonds. The molecular weight excluding hydrogens is 414 g/mol. The quantitative estimate of drug-likeness (QED) is 0.602. The van der Waals surface area contributed by atoms with Gasteiger partial charge in [-0.1, -0.05) is 28.1 Å². The summed E-state index contributed by atoms with van der Waals surface area (Å²) in [7, 11) is 1.73. The van der Waals surface area contributed by atoms with Gasteiger partial charge < -0.3 is 10.1 Å². The van der Waals surface area contributed by atoms with Gasteiger partial charge in [0.2, 0.25) is 0 Å². The molecule has 0 fully saturated rings. The van der Waals surface area contributed by atoms with Crippen molar-refractivity contribution >= 4 is 43.2 Å². The minimum atomic E-state index is 0.463. The summed E-state index contributed by atoms with van der Waals surface area (Å²) in [5.74, 6) is 0.463. The Labute approximate surface area is 147 Å². The van der Waals surface area contributed by atoms with Crippen LogP contribution >= 0.6 is 43.2 Å². The number of rotatable bonds is 8. The molecule has 1 atom stereocenters. The van der Waals surface area contributed by atoms with Crippen LogP contribution in [0.5, 0.6) is 0 Å². The number of hydrogen-bond donors (Lipinski definition) is 1. The van der Waals surface area contributed by atoms with Crippen LogP contribution in [-0.4, -0.2) is 26.8 Å². The van der Waals surface area contributed by atoms with Gasteiger partial charge in [-0.3, -0.25) is 0 Å². The van der Waals surface area contributed by atoms with Gasteiger partial charge in [-0.2, -0.15) is 0 Å². The van der Waals surface area contributed by atoms with E-state index in [4.69, 9.17) is 4.74 Å². The molecule has 2 aromatic rings. The largest absolute Gasteiger partial charge is 0.383 e. The second-order valence-electron chi connectivity index (χ2n) is 4.86. The van der Waals surface area contributed by atoms with Crippen LogP contribution in [0, 0.1) is 0 Å². The molecular formula is C16H19Br2NOS. The highest BCUT2D eigenvalue weighted by Crippen LogP contribution is 2.29. The Hall–Kier alpha value is -0.200. The van der Waals surface area contributed by atoms with Crippen LogP contribution in [0.15, 0.2) is 44.7 Å². The fourth-order valence-electron chi connectivity index (χ4n) is 2.22. The number of methoxy groups -OCH3 is 1. The summed E-state index contributed by atoms with van der Waals surface area (Å²) in [6.07, 6.45) is 1.05. The third kappa shape index (κ3) is 5.83. The molecule has 0 saturated carbocycles. The molecule has 0 saturated heterocycles. The van der Waals surface area contributed by atoms with Crippen molar-refractivity contribution in [3.05, 3.63) is 55.1 Å². The molecule has 21 heavy (non-hydrogen) atoms. The first-order valence-electron chi connectivity index (χ1n) is 6.88. The summed E-state index contributed by atoms with van der Waals surface area (Å²) in [4.78, 5) is 1.40. The maximum Gasteiger partial charge on any atom is 0.0701 e. The summed E-state index contributed by atoms with van der Waals surface area (Å²) in [6, 6.07) is 12.9. The molecule has 0 aliphatic heterocycles. The number of ether oxygens (including phenoxy) is 1. The lowest BCUT2D eigenvalue weighted by Crippen LogP contribution is -2.26. The van der Waals surface area contributed by atoms with E-state index in [0.717, 1.165) is 30.6 Å². The molecule has 1 unspecified atom stereocenters. The Balaban J connectivity index is 2.06. The van der Waals surface area contributed by atoms with Gasteiger partial charge in [-0.15, -0.1) is 11.3 Å². The van der Waals surface area contributed by atoms with E-state index in [2.05, 4.69) is 73.6 Å². The molecule has 114 valence electrons. The number of benzene rings is 1. The molecule has 1 aromatic carbocycles. The molecule has 5 heteroatoms. The van der Waals surface area contributed by atoms with Gasteiger partial charge in [-0.05, 0) is 52.2 Å². The predicted octanol–water partition coefficient (Wildman–Crippen LogP) is 4.84. The zero-order chi connectivity index (χ0) is 15.1. The number of nitrogens with one attached hydrogen (secondary N) is 1. The predicted molar refractivity (Wildman–Crippen MR) is 97.4 cm³/mol. The Bertz CT molecular complexity index is 559. The van der Waals surface area contributed by atoms with E-state index < -0.39 is 0 Å². The third-order valence-electron chi connectivity index (χ3n) is 3.27. The molecule has 1 aromatic heterocycles. The summed E-state index contributed by atoms with van der Waals surface area (Å²) in [6.45, 7) is 2.58. The molecule has 0 radical (unpaired) electrons. The van der Waals surface area contributed by atoms with Gasteiger partial charge in [0.15, 0.2) is 0 Å². The van der Waals surface area contributed by atoms with Crippen LogP contribution in [0.25, 0.3) is 0 Å². The second-order valence-corrected chi connectivity index (χ2v) is 8.32. The summed E-state index contributed by atoms with van der Waals surface area (Å²) in [5, 5.41) is 3.48. The maximum absolute atomic E-state index is 5.10. The average molecular weight is 433 g/mol. The van der Waals surface area contributed by atoms with E-state index in [1.54, 1.807) is 7.11 Å². The zero-order valence-electron chi connectivity index (χ0n) is 11.9. The van der Waals surface area contributed by atoms with Crippen LogP contribution in [0.2, 0.25) is 0 Å². The minimum absolute atomic E-state index is 0.463. The van der Waals surface area contributed by atoms with Crippen LogP contribution in [0.1, 0.15) is 16.4 Å². The first-order valence-corrected chi connectivity index (χ1v) is 9.28. The van der Waals surface area contributed by atoms with E-state index in [1.807, 2.05) is 11.3 Å². The molecule has 2 rings (SSSR count). The van der Waals surface area contributed by atoms with Crippen LogP contribution < -0.4 is 5.32 Å². The van der Waals surface area contributed by atoms with E-state index in [1.165, 1.54) is 14.2 Å². The topological polar surface area (TPSA) is 21.3 Å². The SMILES string of the molecule is COCCNCC(Cc1ccc(Br)s1)c1cccc(Br)c1. The summed E-state index contributed by atoms with van der Waals surface area (Å²) >= 11 is 8.92. The normalized spacial score (nSPS) is 12.5. The lowest BCUT2D eigenvalue weighted by Gasteiger charge is -2.18. The van der Waals surface area contributed by atoms with Gasteiger partial charge in [0.1, 0.15) is 0 Å². The fraction of sp³-hybridized carbons (Fsp3) is 0.375. The smallest absolute Gasteiger partial charge is 0.0701 e. The van der Waals surface area contributed by atoms with E-state index in [-0.39, 0.29) is 0 Å². The Morgan fingerprint density at radius 2 is 2.10 bits per heavy atom. The van der Waals surface area contributed by atoms with Gasteiger partial charge in [-0.25, -0.2) is 0 Å². The summed E-state index contributed by atoms with van der Waals surface area (Å²) < 4.78 is 7.42. The highest BCUT2D eigenvalue weighted by Gasteiger charge is 2.14. The molecule has 0 aliphatic carbocycles. The number of halogens is 2. The minimum Gasteiger partial charge on any atom is -0.383 e. The van der Waals surface area contributed by atoms with Gasteiger partial charge in [0.05, 0.1) is 10.4 Å². The van der Waals surface area contributed by atoms with Crippen molar-refractivity contribution in [3.63, 3.8) is 0 Å². The highest BCUT2D eigenvalue weighted by atomic mass is 79.9. The molecule has 1 N–H and O–H groups in total. The van der Waals surface area contributed by atoms with E-state index in [0.29, 0.717) is 5.92 Å². The average Bonchev–Trinajstić information content (AvgIpc) is 2.87. The zero-order valence-corrected chi connectivity index (χ0v) is 15.9. The Morgan fingerprint density at radius 1 is 1.24 bits per heavy atom. The standard InChI is InChI=1S/C16H19Br2NOS/c1-20-8-7-19-11-13(10-15-5-6-16(18)21-15)12-3-2-4-14(17)9-12/h2-6,9,13,19H,7-8,10-11H2,1H3. The van der Waals surface area contributed by atoms with E-state index >= 15 is 0 Å². The molecule has 1 heterocycles.